The second-order valence-corrected chi connectivity index (χ2v) is 4.43. The summed E-state index contributed by atoms with van der Waals surface area (Å²) in [7, 11) is -2.87. The van der Waals surface area contributed by atoms with Gasteiger partial charge < -0.3 is 9.05 Å². The standard InChI is InChI=1S/C12H15O4P/c1-4-10-5-7-11(8-6-10)15-17(14)16-12(13)9(2)3/h5-8,17H,2,4H2,1,3H3. The van der Waals surface area contributed by atoms with Crippen molar-refractivity contribution in [2.75, 3.05) is 0 Å². The first kappa shape index (κ1) is 13.5. The van der Waals surface area contributed by atoms with Crippen LogP contribution in [0.3, 0.4) is 0 Å². The third-order valence-corrected chi connectivity index (χ3v) is 2.81. The molecule has 0 aromatic heterocycles. The molecule has 0 aliphatic heterocycles. The molecule has 0 spiro atoms. The number of aryl methyl sites for hydroxylation is 1. The summed E-state index contributed by atoms with van der Waals surface area (Å²) in [5, 5.41) is 0. The van der Waals surface area contributed by atoms with Gasteiger partial charge in [0.15, 0.2) is 0 Å². The van der Waals surface area contributed by atoms with E-state index >= 15 is 0 Å². The lowest BCUT2D eigenvalue weighted by Gasteiger charge is -2.07. The van der Waals surface area contributed by atoms with E-state index in [0.717, 1.165) is 12.0 Å². The van der Waals surface area contributed by atoms with Crippen molar-refractivity contribution in [2.24, 2.45) is 0 Å². The number of hydrogen-bond donors (Lipinski definition) is 0. The molecular formula is C12H15O4P. The van der Waals surface area contributed by atoms with Crippen molar-refractivity contribution in [2.45, 2.75) is 20.3 Å². The maximum Gasteiger partial charge on any atom is 0.421 e. The molecule has 1 aromatic rings. The van der Waals surface area contributed by atoms with Crippen LogP contribution >= 0.6 is 8.25 Å². The minimum absolute atomic E-state index is 0.188. The Hall–Kier alpha value is -1.54. The quantitative estimate of drug-likeness (QED) is 0.598. The average molecular weight is 254 g/mol. The largest absolute Gasteiger partial charge is 0.421 e. The van der Waals surface area contributed by atoms with Gasteiger partial charge in [0, 0.05) is 5.57 Å². The Balaban J connectivity index is 2.56. The van der Waals surface area contributed by atoms with Gasteiger partial charge in [0.25, 0.3) is 0 Å². The predicted molar refractivity (Wildman–Crippen MR) is 66.4 cm³/mol. The van der Waals surface area contributed by atoms with Crippen LogP contribution < -0.4 is 4.52 Å². The maximum absolute atomic E-state index is 11.4. The molecule has 92 valence electrons. The average Bonchev–Trinajstić information content (AvgIpc) is 2.29. The van der Waals surface area contributed by atoms with Crippen molar-refractivity contribution in [3.8, 4) is 5.75 Å². The molecule has 0 radical (unpaired) electrons. The van der Waals surface area contributed by atoms with Crippen molar-refractivity contribution in [1.29, 1.82) is 0 Å². The molecule has 0 N–H and O–H groups in total. The highest BCUT2D eigenvalue weighted by atomic mass is 31.1. The van der Waals surface area contributed by atoms with E-state index < -0.39 is 14.2 Å². The van der Waals surface area contributed by atoms with E-state index in [9.17, 15) is 9.36 Å². The first-order valence-electron chi connectivity index (χ1n) is 5.21. The number of hydrogen-bond acceptors (Lipinski definition) is 4. The molecule has 0 saturated carbocycles. The lowest BCUT2D eigenvalue weighted by Crippen LogP contribution is -2.00. The summed E-state index contributed by atoms with van der Waals surface area (Å²) in [6, 6.07) is 7.11. The van der Waals surface area contributed by atoms with Gasteiger partial charge in [0.2, 0.25) is 0 Å². The topological polar surface area (TPSA) is 52.6 Å². The zero-order valence-electron chi connectivity index (χ0n) is 9.86. The van der Waals surface area contributed by atoms with Crippen LogP contribution in [0.4, 0.5) is 0 Å². The molecule has 0 fully saturated rings. The van der Waals surface area contributed by atoms with Crippen LogP contribution in [0.15, 0.2) is 36.4 Å². The Bertz CT molecular complexity index is 436. The maximum atomic E-state index is 11.4. The van der Waals surface area contributed by atoms with Crippen molar-refractivity contribution < 1.29 is 18.4 Å². The lowest BCUT2D eigenvalue weighted by molar-refractivity contribution is -0.129. The third kappa shape index (κ3) is 4.45. The van der Waals surface area contributed by atoms with Crippen LogP contribution in [0.2, 0.25) is 0 Å². The smallest absolute Gasteiger partial charge is 0.418 e. The Labute approximate surface area is 101 Å². The van der Waals surface area contributed by atoms with E-state index in [-0.39, 0.29) is 5.57 Å². The third-order valence-electron chi connectivity index (χ3n) is 2.06. The highest BCUT2D eigenvalue weighted by molar-refractivity contribution is 7.34. The number of carbonyl (C=O) groups excluding carboxylic acids is 1. The van der Waals surface area contributed by atoms with Gasteiger partial charge in [-0.05, 0) is 31.0 Å². The first-order chi connectivity index (χ1) is 8.02. The van der Waals surface area contributed by atoms with E-state index in [4.69, 9.17) is 4.52 Å². The van der Waals surface area contributed by atoms with Crippen LogP contribution in [0.1, 0.15) is 19.4 Å². The van der Waals surface area contributed by atoms with Crippen molar-refractivity contribution in [1.82, 2.24) is 0 Å². The Morgan fingerprint density at radius 1 is 1.35 bits per heavy atom. The molecular weight excluding hydrogens is 239 g/mol. The summed E-state index contributed by atoms with van der Waals surface area (Å²) < 4.78 is 20.9. The Morgan fingerprint density at radius 2 is 1.94 bits per heavy atom. The molecule has 0 aliphatic rings. The van der Waals surface area contributed by atoms with E-state index in [0.29, 0.717) is 5.75 Å². The van der Waals surface area contributed by atoms with Gasteiger partial charge in [-0.3, -0.25) is 0 Å². The molecule has 0 aliphatic carbocycles. The second-order valence-electron chi connectivity index (χ2n) is 3.52. The molecule has 17 heavy (non-hydrogen) atoms. The summed E-state index contributed by atoms with van der Waals surface area (Å²) in [5.74, 6) is -0.292. The van der Waals surface area contributed by atoms with E-state index in [2.05, 4.69) is 11.1 Å². The molecule has 1 aromatic carbocycles. The molecule has 0 amide bonds. The van der Waals surface area contributed by atoms with Crippen molar-refractivity contribution in [3.63, 3.8) is 0 Å². The molecule has 1 unspecified atom stereocenters. The first-order valence-corrected chi connectivity index (χ1v) is 6.44. The van der Waals surface area contributed by atoms with Gasteiger partial charge in [0.1, 0.15) is 5.75 Å². The van der Waals surface area contributed by atoms with Gasteiger partial charge in [-0.2, -0.15) is 0 Å². The minimum Gasteiger partial charge on any atom is -0.418 e. The van der Waals surface area contributed by atoms with Gasteiger partial charge >= 0.3 is 14.2 Å². The van der Waals surface area contributed by atoms with Crippen molar-refractivity contribution in [3.05, 3.63) is 42.0 Å². The van der Waals surface area contributed by atoms with Crippen LogP contribution in [0.5, 0.6) is 5.75 Å². The SMILES string of the molecule is C=C(C)C(=O)O[PH](=O)Oc1ccc(CC)cc1. The van der Waals surface area contributed by atoms with E-state index in [1.165, 1.54) is 6.92 Å². The number of rotatable bonds is 5. The fourth-order valence-electron chi connectivity index (χ4n) is 1.07. The Morgan fingerprint density at radius 3 is 2.41 bits per heavy atom. The molecule has 1 atom stereocenters. The van der Waals surface area contributed by atoms with Gasteiger partial charge in [-0.1, -0.05) is 25.6 Å². The number of carbonyl (C=O) groups is 1. The monoisotopic (exact) mass is 254 g/mol. The van der Waals surface area contributed by atoms with Crippen LogP contribution in [0.25, 0.3) is 0 Å². The number of benzene rings is 1. The molecule has 0 saturated heterocycles. The summed E-state index contributed by atoms with van der Waals surface area (Å²) in [4.78, 5) is 11.1. The zero-order valence-corrected chi connectivity index (χ0v) is 10.9. The van der Waals surface area contributed by atoms with Gasteiger partial charge in [-0.25, -0.2) is 9.36 Å². The molecule has 4 nitrogen and oxygen atoms in total. The molecule has 1 rings (SSSR count). The summed E-state index contributed by atoms with van der Waals surface area (Å²) in [5.41, 5.74) is 1.34. The zero-order chi connectivity index (χ0) is 12.8. The molecule has 0 bridgehead atoms. The summed E-state index contributed by atoms with van der Waals surface area (Å²) in [6.45, 7) is 6.90. The minimum atomic E-state index is -2.87. The summed E-state index contributed by atoms with van der Waals surface area (Å²) >= 11 is 0. The van der Waals surface area contributed by atoms with Gasteiger partial charge in [0.05, 0.1) is 0 Å². The molecule has 0 heterocycles. The summed E-state index contributed by atoms with van der Waals surface area (Å²) in [6.07, 6.45) is 0.917. The Kier molecular flexibility index (Phi) is 4.98. The van der Waals surface area contributed by atoms with Crippen LogP contribution in [-0.2, 0) is 20.3 Å². The van der Waals surface area contributed by atoms with E-state index in [1.807, 2.05) is 19.1 Å². The van der Waals surface area contributed by atoms with E-state index in [1.54, 1.807) is 12.1 Å². The highest BCUT2D eigenvalue weighted by Crippen LogP contribution is 2.28. The lowest BCUT2D eigenvalue weighted by atomic mass is 10.2. The second kappa shape index (κ2) is 6.26. The highest BCUT2D eigenvalue weighted by Gasteiger charge is 2.09. The fourth-order valence-corrected chi connectivity index (χ4v) is 1.77. The van der Waals surface area contributed by atoms with Crippen molar-refractivity contribution >= 4 is 14.2 Å². The van der Waals surface area contributed by atoms with Gasteiger partial charge in [-0.15, -0.1) is 0 Å². The normalized spacial score (nSPS) is 11.6. The van der Waals surface area contributed by atoms with Crippen LogP contribution in [0, 0.1) is 0 Å². The molecule has 5 heteroatoms. The fraction of sp³-hybridized carbons (Fsp3) is 0.250. The predicted octanol–water partition coefficient (Wildman–Crippen LogP) is 3.14. The van der Waals surface area contributed by atoms with Crippen LogP contribution in [-0.4, -0.2) is 5.97 Å².